The minimum absolute atomic E-state index is 0.0144. The zero-order chi connectivity index (χ0) is 14.4. The van der Waals surface area contributed by atoms with Crippen molar-refractivity contribution in [3.05, 3.63) is 23.0 Å². The molecule has 19 heavy (non-hydrogen) atoms. The highest BCUT2D eigenvalue weighted by atomic mass is 16.3. The fourth-order valence-corrected chi connectivity index (χ4v) is 2.06. The summed E-state index contributed by atoms with van der Waals surface area (Å²) < 4.78 is 0. The van der Waals surface area contributed by atoms with Crippen molar-refractivity contribution in [2.24, 2.45) is 5.92 Å². The van der Waals surface area contributed by atoms with Crippen LogP contribution in [0.15, 0.2) is 6.20 Å². The van der Waals surface area contributed by atoms with E-state index in [2.05, 4.69) is 24.1 Å². The summed E-state index contributed by atoms with van der Waals surface area (Å²) in [7, 11) is 0. The number of rotatable bonds is 7. The summed E-state index contributed by atoms with van der Waals surface area (Å²) in [5.41, 5.74) is 1.80. The molecule has 5 heteroatoms. The predicted molar refractivity (Wildman–Crippen MR) is 73.7 cm³/mol. The molecule has 1 heterocycles. The molecule has 5 nitrogen and oxygen atoms in total. The van der Waals surface area contributed by atoms with Gasteiger partial charge in [0.05, 0.1) is 18.9 Å². The van der Waals surface area contributed by atoms with Gasteiger partial charge in [0.2, 0.25) is 0 Å². The molecule has 1 unspecified atom stereocenters. The summed E-state index contributed by atoms with van der Waals surface area (Å²) in [4.78, 5) is 4.02. The Morgan fingerprint density at radius 1 is 1.32 bits per heavy atom. The molecule has 0 spiro atoms. The Morgan fingerprint density at radius 2 is 2.00 bits per heavy atom. The van der Waals surface area contributed by atoms with Crippen molar-refractivity contribution in [2.45, 2.75) is 46.4 Å². The molecule has 0 aromatic carbocycles. The van der Waals surface area contributed by atoms with Gasteiger partial charge in [0.15, 0.2) is 0 Å². The van der Waals surface area contributed by atoms with Gasteiger partial charge in [-0.3, -0.25) is 4.98 Å². The molecule has 0 aliphatic carbocycles. The molecule has 1 aromatic rings. The van der Waals surface area contributed by atoms with Crippen LogP contribution in [0.1, 0.15) is 37.1 Å². The zero-order valence-corrected chi connectivity index (χ0v) is 11.8. The standard InChI is InChI=1S/C14H24N2O3/c1-9(2)4-12(8-18)16-6-13-11(7-17)5-15-10(3)14(13)19/h5,9,12,16-19H,4,6-8H2,1-3H3. The van der Waals surface area contributed by atoms with E-state index in [9.17, 15) is 15.3 Å². The molecule has 0 bridgehead atoms. The van der Waals surface area contributed by atoms with E-state index in [1.165, 1.54) is 0 Å². The molecule has 0 fully saturated rings. The summed E-state index contributed by atoms with van der Waals surface area (Å²) in [5.74, 6) is 0.593. The second kappa shape index (κ2) is 7.43. The molecule has 0 amide bonds. The number of nitrogens with one attached hydrogen (secondary N) is 1. The first-order valence-electron chi connectivity index (χ1n) is 6.61. The van der Waals surface area contributed by atoms with Crippen LogP contribution < -0.4 is 5.32 Å². The molecule has 108 valence electrons. The Bertz CT molecular complexity index is 408. The Hall–Kier alpha value is -1.17. The molecule has 1 rings (SSSR count). The lowest BCUT2D eigenvalue weighted by Gasteiger charge is -2.20. The molecule has 1 atom stereocenters. The first kappa shape index (κ1) is 15.9. The van der Waals surface area contributed by atoms with Crippen LogP contribution in [0.5, 0.6) is 5.75 Å². The minimum Gasteiger partial charge on any atom is -0.506 e. The van der Waals surface area contributed by atoms with Crippen molar-refractivity contribution < 1.29 is 15.3 Å². The topological polar surface area (TPSA) is 85.6 Å². The SMILES string of the molecule is Cc1ncc(CO)c(CNC(CO)CC(C)C)c1O. The molecular weight excluding hydrogens is 244 g/mol. The Labute approximate surface area is 114 Å². The third-order valence-electron chi connectivity index (χ3n) is 3.14. The van der Waals surface area contributed by atoms with Gasteiger partial charge in [-0.25, -0.2) is 0 Å². The number of aliphatic hydroxyl groups is 2. The third kappa shape index (κ3) is 4.45. The molecule has 0 saturated carbocycles. The van der Waals surface area contributed by atoms with Gasteiger partial charge in [-0.05, 0) is 19.3 Å². The molecule has 0 radical (unpaired) electrons. The van der Waals surface area contributed by atoms with Crippen LogP contribution >= 0.6 is 0 Å². The smallest absolute Gasteiger partial charge is 0.141 e. The van der Waals surface area contributed by atoms with Gasteiger partial charge in [0, 0.05) is 29.9 Å². The average Bonchev–Trinajstić information content (AvgIpc) is 2.38. The van der Waals surface area contributed by atoms with Crippen molar-refractivity contribution in [1.82, 2.24) is 10.3 Å². The quantitative estimate of drug-likeness (QED) is 0.594. The van der Waals surface area contributed by atoms with Gasteiger partial charge in [-0.15, -0.1) is 0 Å². The predicted octanol–water partition coefficient (Wildman–Crippen LogP) is 1.08. The van der Waals surface area contributed by atoms with Crippen LogP contribution in [0, 0.1) is 12.8 Å². The third-order valence-corrected chi connectivity index (χ3v) is 3.14. The Kier molecular flexibility index (Phi) is 6.21. The maximum Gasteiger partial charge on any atom is 0.141 e. The van der Waals surface area contributed by atoms with Crippen LogP contribution in [-0.4, -0.2) is 33.0 Å². The molecule has 0 saturated heterocycles. The molecule has 0 aliphatic rings. The number of aromatic nitrogens is 1. The number of aromatic hydroxyl groups is 1. The molecule has 4 N–H and O–H groups in total. The summed E-state index contributed by atoms with van der Waals surface area (Å²) in [6.07, 6.45) is 2.43. The van der Waals surface area contributed by atoms with E-state index in [-0.39, 0.29) is 25.0 Å². The van der Waals surface area contributed by atoms with Crippen molar-refractivity contribution in [3.8, 4) is 5.75 Å². The zero-order valence-electron chi connectivity index (χ0n) is 11.8. The largest absolute Gasteiger partial charge is 0.506 e. The molecule has 1 aromatic heterocycles. The van der Waals surface area contributed by atoms with E-state index >= 15 is 0 Å². The monoisotopic (exact) mass is 268 g/mol. The molecular formula is C14H24N2O3. The first-order chi connectivity index (χ1) is 8.99. The number of aliphatic hydroxyl groups excluding tert-OH is 2. The summed E-state index contributed by atoms with van der Waals surface area (Å²) >= 11 is 0. The molecule has 0 aliphatic heterocycles. The highest BCUT2D eigenvalue weighted by Gasteiger charge is 2.14. The lowest BCUT2D eigenvalue weighted by molar-refractivity contribution is 0.222. The van der Waals surface area contributed by atoms with Crippen LogP contribution in [0.3, 0.4) is 0 Å². The van der Waals surface area contributed by atoms with Crippen molar-refractivity contribution >= 4 is 0 Å². The van der Waals surface area contributed by atoms with Crippen molar-refractivity contribution in [2.75, 3.05) is 6.61 Å². The summed E-state index contributed by atoms with van der Waals surface area (Å²) in [6, 6.07) is -0.0144. The maximum atomic E-state index is 10.0. The van der Waals surface area contributed by atoms with Crippen LogP contribution in [0.2, 0.25) is 0 Å². The lowest BCUT2D eigenvalue weighted by atomic mass is 10.0. The Morgan fingerprint density at radius 3 is 2.53 bits per heavy atom. The average molecular weight is 268 g/mol. The second-order valence-corrected chi connectivity index (χ2v) is 5.24. The van der Waals surface area contributed by atoms with Crippen LogP contribution in [-0.2, 0) is 13.2 Å². The number of nitrogens with zero attached hydrogens (tertiary/aromatic N) is 1. The normalized spacial score (nSPS) is 12.9. The van der Waals surface area contributed by atoms with Crippen LogP contribution in [0.25, 0.3) is 0 Å². The van der Waals surface area contributed by atoms with Gasteiger partial charge in [-0.1, -0.05) is 13.8 Å². The van der Waals surface area contributed by atoms with Gasteiger partial charge < -0.3 is 20.6 Å². The maximum absolute atomic E-state index is 10.0. The van der Waals surface area contributed by atoms with E-state index in [4.69, 9.17) is 0 Å². The van der Waals surface area contributed by atoms with Gasteiger partial charge in [-0.2, -0.15) is 0 Å². The highest BCUT2D eigenvalue weighted by molar-refractivity contribution is 5.40. The fourth-order valence-electron chi connectivity index (χ4n) is 2.06. The number of hydrogen-bond acceptors (Lipinski definition) is 5. The minimum atomic E-state index is -0.161. The highest BCUT2D eigenvalue weighted by Crippen LogP contribution is 2.23. The number of aryl methyl sites for hydroxylation is 1. The summed E-state index contributed by atoms with van der Waals surface area (Å²) in [5, 5.41) is 31.8. The van der Waals surface area contributed by atoms with E-state index in [0.717, 1.165) is 6.42 Å². The van der Waals surface area contributed by atoms with Crippen molar-refractivity contribution in [3.63, 3.8) is 0 Å². The fraction of sp³-hybridized carbons (Fsp3) is 0.643. The van der Waals surface area contributed by atoms with E-state index in [1.54, 1.807) is 13.1 Å². The van der Waals surface area contributed by atoms with Gasteiger partial charge in [0.1, 0.15) is 5.75 Å². The van der Waals surface area contributed by atoms with E-state index in [1.807, 2.05) is 0 Å². The summed E-state index contributed by atoms with van der Waals surface area (Å²) in [6.45, 7) is 6.21. The van der Waals surface area contributed by atoms with E-state index in [0.29, 0.717) is 29.3 Å². The lowest BCUT2D eigenvalue weighted by Crippen LogP contribution is -2.33. The Balaban J connectivity index is 2.78. The van der Waals surface area contributed by atoms with Gasteiger partial charge in [0.25, 0.3) is 0 Å². The number of hydrogen-bond donors (Lipinski definition) is 4. The van der Waals surface area contributed by atoms with Crippen molar-refractivity contribution in [1.29, 1.82) is 0 Å². The first-order valence-corrected chi connectivity index (χ1v) is 6.61. The van der Waals surface area contributed by atoms with Crippen LogP contribution in [0.4, 0.5) is 0 Å². The van der Waals surface area contributed by atoms with Gasteiger partial charge >= 0.3 is 0 Å². The second-order valence-electron chi connectivity index (χ2n) is 5.24. The number of pyridine rings is 1. The van der Waals surface area contributed by atoms with E-state index < -0.39 is 0 Å².